The van der Waals surface area contributed by atoms with Crippen LogP contribution < -0.4 is 10.1 Å². The van der Waals surface area contributed by atoms with Gasteiger partial charge in [0.05, 0.1) is 0 Å². The molecular weight excluding hydrogens is 326 g/mol. The molecule has 0 spiro atoms. The van der Waals surface area contributed by atoms with Crippen LogP contribution in [0.1, 0.15) is 11.3 Å². The van der Waals surface area contributed by atoms with E-state index in [-0.39, 0.29) is 5.69 Å². The maximum Gasteiger partial charge on any atom is 0.232 e. The fraction of sp³-hybridized carbons (Fsp3) is 0.111. The summed E-state index contributed by atoms with van der Waals surface area (Å²) in [7, 11) is 1.68. The number of nitriles is 1. The predicted molar refractivity (Wildman–Crippen MR) is 92.0 cm³/mol. The average molecular weight is 340 g/mol. The van der Waals surface area contributed by atoms with E-state index < -0.39 is 0 Å². The molecule has 0 aliphatic rings. The number of nitrogens with one attached hydrogen (secondary N) is 1. The monoisotopic (exact) mass is 339 g/mol. The second-order valence-corrected chi connectivity index (χ2v) is 5.43. The van der Waals surface area contributed by atoms with Crippen molar-refractivity contribution in [2.45, 2.75) is 6.61 Å². The Morgan fingerprint density at radius 1 is 1.17 bits per heavy atom. The van der Waals surface area contributed by atoms with Crippen molar-refractivity contribution in [1.29, 1.82) is 5.26 Å². The highest BCUT2D eigenvalue weighted by Crippen LogP contribution is 2.26. The average Bonchev–Trinajstić information content (AvgIpc) is 3.05. The van der Waals surface area contributed by atoms with Crippen molar-refractivity contribution in [3.8, 4) is 23.3 Å². The number of ether oxygens (including phenoxy) is 1. The van der Waals surface area contributed by atoms with Gasteiger partial charge in [0.25, 0.3) is 0 Å². The predicted octanol–water partition coefficient (Wildman–Crippen LogP) is 4.49. The van der Waals surface area contributed by atoms with Gasteiger partial charge in [0.15, 0.2) is 0 Å². The van der Waals surface area contributed by atoms with Crippen LogP contribution >= 0.6 is 11.6 Å². The van der Waals surface area contributed by atoms with E-state index >= 15 is 0 Å². The van der Waals surface area contributed by atoms with Gasteiger partial charge in [-0.05, 0) is 42.0 Å². The Hall–Kier alpha value is -2.97. The summed E-state index contributed by atoms with van der Waals surface area (Å²) in [6, 6.07) is 16.8. The molecule has 0 amide bonds. The normalized spacial score (nSPS) is 10.2. The van der Waals surface area contributed by atoms with E-state index in [0.29, 0.717) is 23.4 Å². The molecule has 1 N–H and O–H groups in total. The summed E-state index contributed by atoms with van der Waals surface area (Å²) in [5, 5.41) is 12.5. The first-order chi connectivity index (χ1) is 11.7. The summed E-state index contributed by atoms with van der Waals surface area (Å²) in [4.78, 5) is 4.16. The molecule has 0 aliphatic carbocycles. The van der Waals surface area contributed by atoms with Gasteiger partial charge in [0.1, 0.15) is 18.4 Å². The van der Waals surface area contributed by atoms with Gasteiger partial charge in [-0.25, -0.2) is 0 Å². The Bertz CT molecular complexity index is 865. The molecule has 0 aliphatic heterocycles. The van der Waals surface area contributed by atoms with Gasteiger partial charge >= 0.3 is 0 Å². The molecule has 120 valence electrons. The topological polar surface area (TPSA) is 71.1 Å². The standard InChI is InChI=1S/C18H14ClN3O2/c1-21-18-16(10-20)22-17(24-18)13-4-8-15(9-5-13)23-11-12-2-6-14(19)7-3-12/h2-9,21H,11H2,1H3. The van der Waals surface area contributed by atoms with Crippen LogP contribution in [0.25, 0.3) is 11.5 Å². The zero-order valence-corrected chi connectivity index (χ0v) is 13.7. The van der Waals surface area contributed by atoms with Gasteiger partial charge in [-0.2, -0.15) is 10.2 Å². The van der Waals surface area contributed by atoms with E-state index in [2.05, 4.69) is 10.3 Å². The van der Waals surface area contributed by atoms with Crippen LogP contribution in [0.3, 0.4) is 0 Å². The highest BCUT2D eigenvalue weighted by Gasteiger charge is 2.13. The van der Waals surface area contributed by atoms with E-state index in [9.17, 15) is 0 Å². The summed E-state index contributed by atoms with van der Waals surface area (Å²) in [6.07, 6.45) is 0. The van der Waals surface area contributed by atoms with Gasteiger partial charge in [-0.15, -0.1) is 0 Å². The van der Waals surface area contributed by atoms with Gasteiger partial charge in [-0.1, -0.05) is 23.7 Å². The smallest absolute Gasteiger partial charge is 0.232 e. The lowest BCUT2D eigenvalue weighted by Gasteiger charge is -2.06. The van der Waals surface area contributed by atoms with Gasteiger partial charge in [-0.3, -0.25) is 0 Å². The summed E-state index contributed by atoms with van der Waals surface area (Å²) >= 11 is 5.86. The van der Waals surface area contributed by atoms with Gasteiger partial charge < -0.3 is 14.5 Å². The third-order valence-corrected chi connectivity index (χ3v) is 3.63. The van der Waals surface area contributed by atoms with Crippen molar-refractivity contribution < 1.29 is 9.15 Å². The zero-order valence-electron chi connectivity index (χ0n) is 12.9. The first-order valence-corrected chi connectivity index (χ1v) is 7.64. The minimum absolute atomic E-state index is 0.232. The third-order valence-electron chi connectivity index (χ3n) is 3.38. The summed E-state index contributed by atoms with van der Waals surface area (Å²) < 4.78 is 11.3. The second-order valence-electron chi connectivity index (χ2n) is 5.00. The highest BCUT2D eigenvalue weighted by atomic mass is 35.5. The first-order valence-electron chi connectivity index (χ1n) is 7.26. The SMILES string of the molecule is CNc1oc(-c2ccc(OCc3ccc(Cl)cc3)cc2)nc1C#N. The van der Waals surface area contributed by atoms with Crippen LogP contribution in [0, 0.1) is 11.3 Å². The lowest BCUT2D eigenvalue weighted by Crippen LogP contribution is -1.94. The van der Waals surface area contributed by atoms with Gasteiger partial charge in [0.2, 0.25) is 17.5 Å². The molecule has 1 heterocycles. The number of nitrogens with zero attached hydrogens (tertiary/aromatic N) is 2. The minimum Gasteiger partial charge on any atom is -0.489 e. The molecule has 2 aromatic carbocycles. The zero-order chi connectivity index (χ0) is 16.9. The van der Waals surface area contributed by atoms with Crippen LogP contribution in [0.15, 0.2) is 52.9 Å². The largest absolute Gasteiger partial charge is 0.489 e. The Morgan fingerprint density at radius 2 is 1.88 bits per heavy atom. The van der Waals surface area contributed by atoms with E-state index in [4.69, 9.17) is 26.0 Å². The van der Waals surface area contributed by atoms with E-state index in [1.807, 2.05) is 54.6 Å². The van der Waals surface area contributed by atoms with Crippen molar-refractivity contribution in [3.05, 3.63) is 64.8 Å². The fourth-order valence-electron chi connectivity index (χ4n) is 2.13. The summed E-state index contributed by atoms with van der Waals surface area (Å²) in [5.74, 6) is 1.48. The first kappa shape index (κ1) is 15.9. The number of anilines is 1. The molecule has 6 heteroatoms. The Labute approximate surface area is 144 Å². The molecule has 0 unspecified atom stereocenters. The van der Waals surface area contributed by atoms with Gasteiger partial charge in [0, 0.05) is 17.6 Å². The number of hydrogen-bond donors (Lipinski definition) is 1. The summed E-state index contributed by atoms with van der Waals surface area (Å²) in [5.41, 5.74) is 2.04. The Morgan fingerprint density at radius 3 is 2.46 bits per heavy atom. The van der Waals surface area contributed by atoms with Crippen LogP contribution in [0.5, 0.6) is 5.75 Å². The minimum atomic E-state index is 0.232. The molecule has 0 saturated heterocycles. The lowest BCUT2D eigenvalue weighted by atomic mass is 10.2. The van der Waals surface area contributed by atoms with E-state index in [1.54, 1.807) is 7.05 Å². The molecule has 5 nitrogen and oxygen atoms in total. The van der Waals surface area contributed by atoms with Crippen LogP contribution in [-0.2, 0) is 6.61 Å². The van der Waals surface area contributed by atoms with Crippen LogP contribution in [0.2, 0.25) is 5.02 Å². The molecular formula is C18H14ClN3O2. The van der Waals surface area contributed by atoms with Crippen molar-refractivity contribution in [3.63, 3.8) is 0 Å². The Kier molecular flexibility index (Phi) is 4.69. The lowest BCUT2D eigenvalue weighted by molar-refractivity contribution is 0.306. The van der Waals surface area contributed by atoms with Crippen LogP contribution in [-0.4, -0.2) is 12.0 Å². The number of rotatable bonds is 5. The van der Waals surface area contributed by atoms with Crippen molar-refractivity contribution >= 4 is 17.5 Å². The summed E-state index contributed by atoms with van der Waals surface area (Å²) in [6.45, 7) is 0.456. The molecule has 1 aromatic heterocycles. The molecule has 0 saturated carbocycles. The maximum atomic E-state index is 9.01. The van der Waals surface area contributed by atoms with E-state index in [1.165, 1.54) is 0 Å². The molecule has 3 aromatic rings. The maximum absolute atomic E-state index is 9.01. The number of oxazole rings is 1. The van der Waals surface area contributed by atoms with E-state index in [0.717, 1.165) is 16.9 Å². The molecule has 0 atom stereocenters. The molecule has 0 fully saturated rings. The second kappa shape index (κ2) is 7.07. The molecule has 0 bridgehead atoms. The number of halogens is 1. The quantitative estimate of drug-likeness (QED) is 0.741. The number of aromatic nitrogens is 1. The van der Waals surface area contributed by atoms with Crippen molar-refractivity contribution in [2.75, 3.05) is 12.4 Å². The fourth-order valence-corrected chi connectivity index (χ4v) is 2.26. The van der Waals surface area contributed by atoms with Crippen molar-refractivity contribution in [1.82, 2.24) is 4.98 Å². The van der Waals surface area contributed by atoms with Crippen LogP contribution in [0.4, 0.5) is 5.88 Å². The van der Waals surface area contributed by atoms with Crippen molar-refractivity contribution in [2.24, 2.45) is 0 Å². The molecule has 24 heavy (non-hydrogen) atoms. The number of hydrogen-bond acceptors (Lipinski definition) is 5. The Balaban J connectivity index is 1.70. The molecule has 3 rings (SSSR count). The third kappa shape index (κ3) is 3.50. The molecule has 0 radical (unpaired) electrons. The number of benzene rings is 2. The highest BCUT2D eigenvalue weighted by molar-refractivity contribution is 6.30.